The molecular formula is C16H20O6S2. The van der Waals surface area contributed by atoms with Crippen molar-refractivity contribution < 1.29 is 25.3 Å². The van der Waals surface area contributed by atoms with Crippen LogP contribution >= 0.6 is 0 Å². The average Bonchev–Trinajstić information content (AvgIpc) is 2.80. The van der Waals surface area contributed by atoms with Crippen LogP contribution in [0, 0.1) is 16.7 Å². The van der Waals surface area contributed by atoms with Crippen molar-refractivity contribution in [3.8, 4) is 0 Å². The normalized spacial score (nSPS) is 29.1. The van der Waals surface area contributed by atoms with Gasteiger partial charge in [0.25, 0.3) is 10.1 Å². The van der Waals surface area contributed by atoms with Crippen molar-refractivity contribution in [1.82, 2.24) is 0 Å². The highest BCUT2D eigenvalue weighted by Crippen LogP contribution is 2.64. The molecule has 0 spiro atoms. The van der Waals surface area contributed by atoms with Crippen LogP contribution in [0.1, 0.15) is 33.1 Å². The minimum atomic E-state index is -4.44. The third-order valence-corrected chi connectivity index (χ3v) is 9.03. The second kappa shape index (κ2) is 5.37. The van der Waals surface area contributed by atoms with E-state index in [1.165, 1.54) is 24.3 Å². The lowest BCUT2D eigenvalue weighted by atomic mass is 9.70. The van der Waals surface area contributed by atoms with Gasteiger partial charge < -0.3 is 0 Å². The molecule has 2 saturated carbocycles. The third kappa shape index (κ3) is 2.60. The summed E-state index contributed by atoms with van der Waals surface area (Å²) < 4.78 is 53.8. The van der Waals surface area contributed by atoms with Crippen LogP contribution in [0.25, 0.3) is 0 Å². The van der Waals surface area contributed by atoms with Gasteiger partial charge in [-0.2, -0.15) is 16.8 Å². The van der Waals surface area contributed by atoms with Crippen LogP contribution in [-0.4, -0.2) is 28.4 Å². The van der Waals surface area contributed by atoms with Gasteiger partial charge in [-0.25, -0.2) is 0 Å². The summed E-state index contributed by atoms with van der Waals surface area (Å²) in [5, 5.41) is 0. The number of hydrogen-bond donors (Lipinski definition) is 0. The number of benzene rings is 1. The monoisotopic (exact) mass is 372 g/mol. The van der Waals surface area contributed by atoms with E-state index in [1.807, 2.05) is 13.8 Å². The van der Waals surface area contributed by atoms with Gasteiger partial charge >= 0.3 is 10.1 Å². The molecule has 2 unspecified atom stereocenters. The fraction of sp³-hybridized carbons (Fsp3) is 0.562. The molecule has 24 heavy (non-hydrogen) atoms. The molecule has 2 fully saturated rings. The Labute approximate surface area is 142 Å². The molecular weight excluding hydrogens is 352 g/mol. The van der Waals surface area contributed by atoms with Gasteiger partial charge in [0.15, 0.2) is 0 Å². The highest BCUT2D eigenvalue weighted by atomic mass is 32.3. The molecule has 132 valence electrons. The van der Waals surface area contributed by atoms with E-state index in [2.05, 4.69) is 3.63 Å². The topological polar surface area (TPSA) is 94.6 Å². The van der Waals surface area contributed by atoms with Gasteiger partial charge in [-0.05, 0) is 36.3 Å². The first-order chi connectivity index (χ1) is 11.0. The van der Waals surface area contributed by atoms with Gasteiger partial charge in [0.1, 0.15) is 5.78 Å². The molecule has 6 nitrogen and oxygen atoms in total. The van der Waals surface area contributed by atoms with Gasteiger partial charge in [0.2, 0.25) is 0 Å². The number of hydrogen-bond acceptors (Lipinski definition) is 6. The van der Waals surface area contributed by atoms with E-state index < -0.39 is 36.8 Å². The zero-order chi connectivity index (χ0) is 17.8. The minimum Gasteiger partial charge on any atom is -0.299 e. The Hall–Kier alpha value is -1.25. The van der Waals surface area contributed by atoms with Crippen molar-refractivity contribution in [3.63, 3.8) is 0 Å². The van der Waals surface area contributed by atoms with Crippen LogP contribution in [0.15, 0.2) is 35.2 Å². The van der Waals surface area contributed by atoms with E-state index in [0.717, 1.165) is 6.42 Å². The van der Waals surface area contributed by atoms with E-state index >= 15 is 0 Å². The van der Waals surface area contributed by atoms with Crippen LogP contribution in [0.3, 0.4) is 0 Å². The number of Topliss-reactive ketones (excluding diaryl/α,β-unsaturated/α-hetero) is 1. The Morgan fingerprint density at radius 2 is 1.75 bits per heavy atom. The minimum absolute atomic E-state index is 0.104. The van der Waals surface area contributed by atoms with E-state index in [4.69, 9.17) is 0 Å². The van der Waals surface area contributed by atoms with Gasteiger partial charge in [-0.15, -0.1) is 3.63 Å². The molecule has 1 aromatic rings. The van der Waals surface area contributed by atoms with Crippen molar-refractivity contribution in [2.75, 3.05) is 5.75 Å². The maximum atomic E-state index is 12.4. The molecule has 0 radical (unpaired) electrons. The molecule has 2 aliphatic carbocycles. The third-order valence-electron chi connectivity index (χ3n) is 5.79. The summed E-state index contributed by atoms with van der Waals surface area (Å²) in [6.45, 7) is 3.77. The van der Waals surface area contributed by atoms with Gasteiger partial charge in [-0.3, -0.25) is 4.79 Å². The molecule has 0 amide bonds. The molecule has 2 atom stereocenters. The lowest BCUT2D eigenvalue weighted by Crippen LogP contribution is -2.42. The number of fused-ring (bicyclic) bond motifs is 2. The van der Waals surface area contributed by atoms with Crippen LogP contribution in [0.2, 0.25) is 0 Å². The van der Waals surface area contributed by atoms with E-state index in [-0.39, 0.29) is 16.6 Å². The smallest absolute Gasteiger partial charge is 0.299 e. The lowest BCUT2D eigenvalue weighted by Gasteiger charge is -2.35. The Kier molecular flexibility index (Phi) is 3.93. The zero-order valence-electron chi connectivity index (χ0n) is 13.6. The fourth-order valence-corrected chi connectivity index (χ4v) is 7.57. The molecule has 1 aromatic carbocycles. The fourth-order valence-electron chi connectivity index (χ4n) is 4.20. The van der Waals surface area contributed by atoms with Crippen molar-refractivity contribution in [3.05, 3.63) is 30.3 Å². The zero-order valence-corrected chi connectivity index (χ0v) is 15.2. The highest BCUT2D eigenvalue weighted by molar-refractivity contribution is 7.99. The maximum Gasteiger partial charge on any atom is 0.311 e. The second-order valence-corrected chi connectivity index (χ2v) is 10.5. The maximum absolute atomic E-state index is 12.4. The van der Waals surface area contributed by atoms with Crippen molar-refractivity contribution in [1.29, 1.82) is 0 Å². The summed E-state index contributed by atoms with van der Waals surface area (Å²) in [5.41, 5.74) is -1.53. The number of rotatable bonds is 5. The van der Waals surface area contributed by atoms with Crippen molar-refractivity contribution in [2.24, 2.45) is 16.7 Å². The first-order valence-corrected chi connectivity index (χ1v) is 10.8. The van der Waals surface area contributed by atoms with E-state index in [1.54, 1.807) is 6.07 Å². The highest BCUT2D eigenvalue weighted by Gasteiger charge is 2.65. The van der Waals surface area contributed by atoms with Gasteiger partial charge in [0.05, 0.1) is 16.1 Å². The average molecular weight is 372 g/mol. The molecule has 0 saturated heterocycles. The first kappa shape index (κ1) is 17.6. The summed E-state index contributed by atoms with van der Waals surface area (Å²) in [6, 6.07) is 7.10. The molecule has 2 aliphatic rings. The Morgan fingerprint density at radius 3 is 2.25 bits per heavy atom. The molecule has 8 heteroatoms. The Morgan fingerprint density at radius 1 is 1.12 bits per heavy atom. The Balaban J connectivity index is 1.89. The summed E-state index contributed by atoms with van der Waals surface area (Å²) in [5.74, 6) is -0.548. The van der Waals surface area contributed by atoms with Crippen molar-refractivity contribution in [2.45, 2.75) is 38.0 Å². The quantitative estimate of drug-likeness (QED) is 0.786. The number of carbonyl (C=O) groups is 1. The van der Waals surface area contributed by atoms with Crippen molar-refractivity contribution >= 4 is 26.0 Å². The summed E-state index contributed by atoms with van der Waals surface area (Å²) >= 11 is 0. The van der Waals surface area contributed by atoms with Crippen LogP contribution in [0.5, 0.6) is 0 Å². The standard InChI is InChI=1S/C16H20O6S2/c1-15(2)12-8-9-16(15,14(17)10-12)11-23(18,19)22-24(20,21)13-6-4-3-5-7-13/h3-7,12H,8-11H2,1-2H3. The number of ketones is 1. The van der Waals surface area contributed by atoms with E-state index in [0.29, 0.717) is 12.8 Å². The van der Waals surface area contributed by atoms with Crippen LogP contribution < -0.4 is 0 Å². The van der Waals surface area contributed by atoms with Crippen LogP contribution in [-0.2, 0) is 28.7 Å². The first-order valence-electron chi connectivity index (χ1n) is 7.77. The largest absolute Gasteiger partial charge is 0.311 e. The van der Waals surface area contributed by atoms with Gasteiger partial charge in [0, 0.05) is 6.42 Å². The van der Waals surface area contributed by atoms with Crippen LogP contribution in [0.4, 0.5) is 0 Å². The number of carbonyl (C=O) groups excluding carboxylic acids is 1. The molecule has 2 bridgehead atoms. The summed E-state index contributed by atoms with van der Waals surface area (Å²) in [6.07, 6.45) is 1.59. The van der Waals surface area contributed by atoms with Gasteiger partial charge in [-0.1, -0.05) is 32.0 Å². The molecule has 0 aromatic heterocycles. The molecule has 3 rings (SSSR count). The lowest BCUT2D eigenvalue weighted by molar-refractivity contribution is -0.128. The predicted molar refractivity (Wildman–Crippen MR) is 87.1 cm³/mol. The predicted octanol–water partition coefficient (Wildman–Crippen LogP) is 2.12. The summed E-state index contributed by atoms with van der Waals surface area (Å²) in [4.78, 5) is 12.2. The second-order valence-electron chi connectivity index (χ2n) is 7.20. The molecule has 0 aliphatic heterocycles. The Bertz CT molecular complexity index is 870. The summed E-state index contributed by atoms with van der Waals surface area (Å²) in [7, 11) is -8.86. The van der Waals surface area contributed by atoms with E-state index in [9.17, 15) is 21.6 Å². The molecule has 0 heterocycles. The SMILES string of the molecule is CC1(C)C2CCC1(CS(=O)(=O)OS(=O)(=O)c1ccccc1)C(=O)C2. The molecule has 0 N–H and O–H groups in total.